The van der Waals surface area contributed by atoms with Crippen LogP contribution in [-0.2, 0) is 11.3 Å². The predicted octanol–water partition coefficient (Wildman–Crippen LogP) is 4.46. The molecule has 0 spiro atoms. The zero-order chi connectivity index (χ0) is 17.8. The van der Waals surface area contributed by atoms with Crippen molar-refractivity contribution in [2.75, 3.05) is 18.4 Å². The smallest absolute Gasteiger partial charge is 0.227 e. The van der Waals surface area contributed by atoms with Gasteiger partial charge in [0.1, 0.15) is 0 Å². The van der Waals surface area contributed by atoms with Crippen LogP contribution < -0.4 is 5.32 Å². The van der Waals surface area contributed by atoms with E-state index in [0.29, 0.717) is 0 Å². The standard InChI is InChI=1S/C22H28N2O/c1-16-4-6-19(7-5-16)15-24-10-8-20(9-11-24)22(25)23-21-13-17(2)12-18(3)14-21/h4-7,12-14,20H,8-11,15H2,1-3H3,(H,23,25). The van der Waals surface area contributed by atoms with Crippen LogP contribution in [0.1, 0.15) is 35.1 Å². The van der Waals surface area contributed by atoms with Crippen LogP contribution in [0, 0.1) is 26.7 Å². The first-order valence-corrected chi connectivity index (χ1v) is 9.16. The molecule has 3 heteroatoms. The maximum atomic E-state index is 12.6. The Bertz CT molecular complexity index is 708. The Balaban J connectivity index is 1.51. The molecule has 1 aliphatic rings. The second kappa shape index (κ2) is 7.83. The van der Waals surface area contributed by atoms with Crippen LogP contribution in [0.15, 0.2) is 42.5 Å². The molecule has 0 bridgehead atoms. The molecule has 1 heterocycles. The Morgan fingerprint density at radius 3 is 2.16 bits per heavy atom. The van der Waals surface area contributed by atoms with Gasteiger partial charge in [-0.3, -0.25) is 9.69 Å². The molecular formula is C22H28N2O. The normalized spacial score (nSPS) is 16.0. The summed E-state index contributed by atoms with van der Waals surface area (Å²) in [5, 5.41) is 3.11. The van der Waals surface area contributed by atoms with E-state index in [4.69, 9.17) is 0 Å². The van der Waals surface area contributed by atoms with Gasteiger partial charge in [0.2, 0.25) is 5.91 Å². The van der Waals surface area contributed by atoms with Crippen LogP contribution in [0.2, 0.25) is 0 Å². The van der Waals surface area contributed by atoms with E-state index in [-0.39, 0.29) is 11.8 Å². The van der Waals surface area contributed by atoms with E-state index in [0.717, 1.165) is 38.2 Å². The van der Waals surface area contributed by atoms with Gasteiger partial charge in [-0.2, -0.15) is 0 Å². The minimum atomic E-state index is 0.120. The second-order valence-corrected chi connectivity index (χ2v) is 7.40. The second-order valence-electron chi connectivity index (χ2n) is 7.40. The van der Waals surface area contributed by atoms with E-state index in [1.54, 1.807) is 0 Å². The number of carbonyl (C=O) groups is 1. The van der Waals surface area contributed by atoms with E-state index in [1.165, 1.54) is 22.3 Å². The van der Waals surface area contributed by atoms with Gasteiger partial charge in [0.15, 0.2) is 0 Å². The summed E-state index contributed by atoms with van der Waals surface area (Å²) in [6.07, 6.45) is 1.87. The fourth-order valence-corrected chi connectivity index (χ4v) is 3.60. The van der Waals surface area contributed by atoms with E-state index < -0.39 is 0 Å². The summed E-state index contributed by atoms with van der Waals surface area (Å²) in [5.74, 6) is 0.287. The number of piperidine rings is 1. The third kappa shape index (κ3) is 4.93. The average Bonchev–Trinajstić information content (AvgIpc) is 2.56. The van der Waals surface area contributed by atoms with Crippen molar-refractivity contribution >= 4 is 11.6 Å². The summed E-state index contributed by atoms with van der Waals surface area (Å²) in [5.41, 5.74) is 5.94. The van der Waals surface area contributed by atoms with E-state index in [2.05, 4.69) is 61.3 Å². The number of nitrogens with one attached hydrogen (secondary N) is 1. The van der Waals surface area contributed by atoms with Gasteiger partial charge in [-0.15, -0.1) is 0 Å². The van der Waals surface area contributed by atoms with Gasteiger partial charge in [0.25, 0.3) is 0 Å². The number of nitrogens with zero attached hydrogens (tertiary/aromatic N) is 1. The number of benzene rings is 2. The number of likely N-dealkylation sites (tertiary alicyclic amines) is 1. The highest BCUT2D eigenvalue weighted by Crippen LogP contribution is 2.22. The number of carbonyl (C=O) groups excluding carboxylic acids is 1. The van der Waals surface area contributed by atoms with Crippen LogP contribution in [-0.4, -0.2) is 23.9 Å². The molecule has 2 aromatic rings. The highest BCUT2D eigenvalue weighted by molar-refractivity contribution is 5.92. The minimum Gasteiger partial charge on any atom is -0.326 e. The van der Waals surface area contributed by atoms with Gasteiger partial charge in [-0.1, -0.05) is 35.9 Å². The first kappa shape index (κ1) is 17.7. The molecule has 0 aromatic heterocycles. The minimum absolute atomic E-state index is 0.120. The molecule has 1 aliphatic heterocycles. The first-order valence-electron chi connectivity index (χ1n) is 9.16. The number of rotatable bonds is 4. The Hall–Kier alpha value is -2.13. The van der Waals surface area contributed by atoms with Gasteiger partial charge in [0.05, 0.1) is 0 Å². The molecule has 132 valence electrons. The lowest BCUT2D eigenvalue weighted by molar-refractivity contribution is -0.121. The molecular weight excluding hydrogens is 308 g/mol. The Morgan fingerprint density at radius 1 is 0.960 bits per heavy atom. The lowest BCUT2D eigenvalue weighted by atomic mass is 9.95. The first-order chi connectivity index (χ1) is 12.0. The van der Waals surface area contributed by atoms with Crippen molar-refractivity contribution in [3.8, 4) is 0 Å². The Kier molecular flexibility index (Phi) is 5.54. The quantitative estimate of drug-likeness (QED) is 0.894. The lowest BCUT2D eigenvalue weighted by Gasteiger charge is -2.31. The van der Waals surface area contributed by atoms with E-state index >= 15 is 0 Å². The largest absolute Gasteiger partial charge is 0.326 e. The molecule has 3 nitrogen and oxygen atoms in total. The van der Waals surface area contributed by atoms with Crippen LogP contribution in [0.4, 0.5) is 5.69 Å². The third-order valence-electron chi connectivity index (χ3n) is 4.97. The van der Waals surface area contributed by atoms with Crippen molar-refractivity contribution in [1.82, 2.24) is 4.90 Å². The summed E-state index contributed by atoms with van der Waals surface area (Å²) in [7, 11) is 0. The molecule has 1 fully saturated rings. The van der Waals surface area contributed by atoms with Crippen LogP contribution in [0.3, 0.4) is 0 Å². The van der Waals surface area contributed by atoms with Crippen LogP contribution in [0.25, 0.3) is 0 Å². The molecule has 1 amide bonds. The fraction of sp³-hybridized carbons (Fsp3) is 0.409. The zero-order valence-electron chi connectivity index (χ0n) is 15.5. The zero-order valence-corrected chi connectivity index (χ0v) is 15.5. The van der Waals surface area contributed by atoms with Crippen LogP contribution in [0.5, 0.6) is 0 Å². The third-order valence-corrected chi connectivity index (χ3v) is 4.97. The van der Waals surface area contributed by atoms with Gasteiger partial charge < -0.3 is 5.32 Å². The van der Waals surface area contributed by atoms with Crippen molar-refractivity contribution in [2.24, 2.45) is 5.92 Å². The molecule has 25 heavy (non-hydrogen) atoms. The molecule has 1 saturated heterocycles. The van der Waals surface area contributed by atoms with Gasteiger partial charge in [0, 0.05) is 18.2 Å². The highest BCUT2D eigenvalue weighted by Gasteiger charge is 2.25. The maximum Gasteiger partial charge on any atom is 0.227 e. The molecule has 0 unspecified atom stereocenters. The molecule has 0 radical (unpaired) electrons. The summed E-state index contributed by atoms with van der Waals surface area (Å²) < 4.78 is 0. The number of hydrogen-bond donors (Lipinski definition) is 1. The number of aryl methyl sites for hydroxylation is 3. The fourth-order valence-electron chi connectivity index (χ4n) is 3.60. The van der Waals surface area contributed by atoms with Crippen molar-refractivity contribution in [3.63, 3.8) is 0 Å². The van der Waals surface area contributed by atoms with Crippen molar-refractivity contribution in [2.45, 2.75) is 40.2 Å². The Labute approximate surface area is 151 Å². The molecule has 3 rings (SSSR count). The molecule has 0 saturated carbocycles. The van der Waals surface area contributed by atoms with Crippen molar-refractivity contribution in [3.05, 3.63) is 64.7 Å². The van der Waals surface area contributed by atoms with E-state index in [1.807, 2.05) is 12.1 Å². The average molecular weight is 336 g/mol. The molecule has 2 aromatic carbocycles. The van der Waals surface area contributed by atoms with Gasteiger partial charge >= 0.3 is 0 Å². The van der Waals surface area contributed by atoms with Gasteiger partial charge in [-0.25, -0.2) is 0 Å². The monoisotopic (exact) mass is 336 g/mol. The predicted molar refractivity (Wildman–Crippen MR) is 104 cm³/mol. The maximum absolute atomic E-state index is 12.6. The van der Waals surface area contributed by atoms with E-state index in [9.17, 15) is 4.79 Å². The number of amides is 1. The SMILES string of the molecule is Cc1ccc(CN2CCC(C(=O)Nc3cc(C)cc(C)c3)CC2)cc1. The summed E-state index contributed by atoms with van der Waals surface area (Å²) >= 11 is 0. The highest BCUT2D eigenvalue weighted by atomic mass is 16.1. The summed E-state index contributed by atoms with van der Waals surface area (Å²) in [4.78, 5) is 15.0. The summed E-state index contributed by atoms with van der Waals surface area (Å²) in [6, 6.07) is 14.9. The van der Waals surface area contributed by atoms with Gasteiger partial charge in [-0.05, 0) is 75.5 Å². The molecule has 1 N–H and O–H groups in total. The molecule has 0 aliphatic carbocycles. The Morgan fingerprint density at radius 2 is 1.56 bits per heavy atom. The topological polar surface area (TPSA) is 32.3 Å². The number of hydrogen-bond acceptors (Lipinski definition) is 2. The van der Waals surface area contributed by atoms with Crippen molar-refractivity contribution in [1.29, 1.82) is 0 Å². The number of anilines is 1. The van der Waals surface area contributed by atoms with Crippen molar-refractivity contribution < 1.29 is 4.79 Å². The lowest BCUT2D eigenvalue weighted by Crippen LogP contribution is -2.37. The van der Waals surface area contributed by atoms with Crippen LogP contribution >= 0.6 is 0 Å². The summed E-state index contributed by atoms with van der Waals surface area (Å²) in [6.45, 7) is 9.19. The molecule has 0 atom stereocenters.